The van der Waals surface area contributed by atoms with Gasteiger partial charge in [-0.1, -0.05) is 6.92 Å². The summed E-state index contributed by atoms with van der Waals surface area (Å²) >= 11 is 1.77. The van der Waals surface area contributed by atoms with E-state index in [9.17, 15) is 14.4 Å². The number of nitrogens with one attached hydrogen (secondary N) is 1. The van der Waals surface area contributed by atoms with Crippen molar-refractivity contribution in [2.24, 2.45) is 0 Å². The number of hydrogen-bond donors (Lipinski definition) is 2. The van der Waals surface area contributed by atoms with E-state index in [2.05, 4.69) is 5.32 Å². The van der Waals surface area contributed by atoms with Crippen LogP contribution < -0.4 is 5.32 Å². The number of amides is 3. The van der Waals surface area contributed by atoms with E-state index in [1.807, 2.05) is 6.92 Å². The second-order valence-electron chi connectivity index (χ2n) is 3.59. The van der Waals surface area contributed by atoms with E-state index >= 15 is 0 Å². The summed E-state index contributed by atoms with van der Waals surface area (Å²) in [6, 6.07) is -0.475. The summed E-state index contributed by atoms with van der Waals surface area (Å²) in [5, 5.41) is 10.8. The molecule has 0 aromatic rings. The van der Waals surface area contributed by atoms with Crippen LogP contribution in [-0.2, 0) is 9.59 Å². The first-order chi connectivity index (χ1) is 7.99. The third kappa shape index (κ3) is 4.90. The molecule has 1 rings (SSSR count). The largest absolute Gasteiger partial charge is 0.478 e. The molecule has 1 unspecified atom stereocenters. The van der Waals surface area contributed by atoms with Gasteiger partial charge < -0.3 is 10.0 Å². The molecule has 94 valence electrons. The molecule has 2 N–H and O–H groups in total. The molecule has 1 atom stereocenters. The summed E-state index contributed by atoms with van der Waals surface area (Å²) in [4.78, 5) is 34.5. The van der Waals surface area contributed by atoms with Crippen LogP contribution in [0, 0.1) is 0 Å². The molecule has 0 saturated carbocycles. The molecule has 3 amide bonds. The molecule has 0 aliphatic carbocycles. The lowest BCUT2D eigenvalue weighted by molar-refractivity contribution is -0.131. The predicted octanol–water partition coefficient (Wildman–Crippen LogP) is 0.301. The molecule has 7 heteroatoms. The molecule has 0 spiro atoms. The topological polar surface area (TPSA) is 86.7 Å². The number of rotatable bonds is 2. The molecule has 1 heterocycles. The highest BCUT2D eigenvalue weighted by Gasteiger charge is 2.21. The van der Waals surface area contributed by atoms with Gasteiger partial charge in [0.15, 0.2) is 0 Å². The molecule has 6 nitrogen and oxygen atoms in total. The standard InChI is InChI=1S/C10H14N2O4S/c1-7-6-12(4-5-17-7)10(16)11-8(13)2-3-9(14)15/h2-3,7H,4-6H2,1H3,(H,14,15)(H,11,13,16)/b3-2+. The van der Waals surface area contributed by atoms with E-state index in [4.69, 9.17) is 5.11 Å². The maximum atomic E-state index is 11.6. The number of aliphatic carboxylic acids is 1. The fraction of sp³-hybridized carbons (Fsp3) is 0.500. The Balaban J connectivity index is 2.43. The minimum absolute atomic E-state index is 0.346. The average molecular weight is 258 g/mol. The highest BCUT2D eigenvalue weighted by Crippen LogP contribution is 2.17. The molecule has 1 fully saturated rings. The Hall–Kier alpha value is -1.50. The fourth-order valence-corrected chi connectivity index (χ4v) is 2.39. The molecular weight excluding hydrogens is 244 g/mol. The Kier molecular flexibility index (Phi) is 5.02. The van der Waals surface area contributed by atoms with Gasteiger partial charge in [0.05, 0.1) is 0 Å². The molecule has 1 aliphatic rings. The monoisotopic (exact) mass is 258 g/mol. The summed E-state index contributed by atoms with van der Waals surface area (Å²) in [5.41, 5.74) is 0. The smallest absolute Gasteiger partial charge is 0.328 e. The first-order valence-electron chi connectivity index (χ1n) is 5.11. The van der Waals surface area contributed by atoms with Gasteiger partial charge in [-0.25, -0.2) is 9.59 Å². The second-order valence-corrected chi connectivity index (χ2v) is 5.14. The van der Waals surface area contributed by atoms with Crippen LogP contribution in [0.5, 0.6) is 0 Å². The van der Waals surface area contributed by atoms with Crippen molar-refractivity contribution < 1.29 is 19.5 Å². The second kappa shape index (κ2) is 6.29. The first-order valence-corrected chi connectivity index (χ1v) is 6.16. The van der Waals surface area contributed by atoms with Crippen LogP contribution in [0.25, 0.3) is 0 Å². The average Bonchev–Trinajstić information content (AvgIpc) is 2.26. The van der Waals surface area contributed by atoms with Gasteiger partial charge in [0.1, 0.15) is 0 Å². The van der Waals surface area contributed by atoms with E-state index in [1.165, 1.54) is 0 Å². The molecule has 1 saturated heterocycles. The number of carboxylic acids is 1. The fourth-order valence-electron chi connectivity index (χ4n) is 1.38. The Morgan fingerprint density at radius 2 is 2.12 bits per heavy atom. The minimum atomic E-state index is -1.23. The molecule has 17 heavy (non-hydrogen) atoms. The lowest BCUT2D eigenvalue weighted by atomic mass is 10.4. The number of imide groups is 1. The lowest BCUT2D eigenvalue weighted by Gasteiger charge is -2.30. The van der Waals surface area contributed by atoms with Crippen LogP contribution in [0.15, 0.2) is 12.2 Å². The molecule has 0 aromatic heterocycles. The Morgan fingerprint density at radius 3 is 2.71 bits per heavy atom. The van der Waals surface area contributed by atoms with Crippen LogP contribution in [0.4, 0.5) is 4.79 Å². The number of thioether (sulfide) groups is 1. The van der Waals surface area contributed by atoms with Crippen molar-refractivity contribution in [2.75, 3.05) is 18.8 Å². The van der Waals surface area contributed by atoms with Gasteiger partial charge in [-0.2, -0.15) is 11.8 Å². The maximum absolute atomic E-state index is 11.6. The third-order valence-corrected chi connectivity index (χ3v) is 3.27. The number of nitrogens with zero attached hydrogens (tertiary/aromatic N) is 1. The summed E-state index contributed by atoms with van der Waals surface area (Å²) in [5.74, 6) is -1.10. The van der Waals surface area contributed by atoms with Gasteiger partial charge in [0.25, 0.3) is 5.91 Å². The normalized spacial score (nSPS) is 20.3. The van der Waals surface area contributed by atoms with E-state index in [1.54, 1.807) is 16.7 Å². The summed E-state index contributed by atoms with van der Waals surface area (Å²) in [6.07, 6.45) is 1.51. The zero-order chi connectivity index (χ0) is 12.8. The van der Waals surface area contributed by atoms with E-state index in [0.717, 1.165) is 11.8 Å². The van der Waals surface area contributed by atoms with Crippen molar-refractivity contribution in [1.82, 2.24) is 10.2 Å². The Labute approximate surface area is 103 Å². The van der Waals surface area contributed by atoms with Crippen molar-refractivity contribution in [3.63, 3.8) is 0 Å². The van der Waals surface area contributed by atoms with Crippen LogP contribution in [-0.4, -0.2) is 52.0 Å². The van der Waals surface area contributed by atoms with Crippen LogP contribution in [0.3, 0.4) is 0 Å². The predicted molar refractivity (Wildman–Crippen MR) is 63.8 cm³/mol. The number of carbonyl (C=O) groups excluding carboxylic acids is 2. The third-order valence-electron chi connectivity index (χ3n) is 2.14. The summed E-state index contributed by atoms with van der Waals surface area (Å²) < 4.78 is 0. The van der Waals surface area contributed by atoms with Gasteiger partial charge in [0.2, 0.25) is 0 Å². The Bertz CT molecular complexity index is 356. The van der Waals surface area contributed by atoms with Crippen molar-refractivity contribution in [2.45, 2.75) is 12.2 Å². The number of carbonyl (C=O) groups is 3. The van der Waals surface area contributed by atoms with Gasteiger partial charge in [-0.05, 0) is 0 Å². The molecule has 0 radical (unpaired) electrons. The first kappa shape index (κ1) is 13.6. The van der Waals surface area contributed by atoms with E-state index in [0.29, 0.717) is 24.4 Å². The molecule has 1 aliphatic heterocycles. The van der Waals surface area contributed by atoms with Crippen molar-refractivity contribution in [1.29, 1.82) is 0 Å². The zero-order valence-electron chi connectivity index (χ0n) is 9.38. The van der Waals surface area contributed by atoms with Gasteiger partial charge in [0, 0.05) is 36.2 Å². The lowest BCUT2D eigenvalue weighted by Crippen LogP contribution is -2.47. The maximum Gasteiger partial charge on any atom is 0.328 e. The van der Waals surface area contributed by atoms with Crippen LogP contribution in [0.1, 0.15) is 6.92 Å². The highest BCUT2D eigenvalue weighted by molar-refractivity contribution is 7.99. The van der Waals surface area contributed by atoms with Gasteiger partial charge in [-0.15, -0.1) is 0 Å². The summed E-state index contributed by atoms with van der Waals surface area (Å²) in [7, 11) is 0. The van der Waals surface area contributed by atoms with Gasteiger partial charge in [-0.3, -0.25) is 10.1 Å². The van der Waals surface area contributed by atoms with Gasteiger partial charge >= 0.3 is 12.0 Å². The molecule has 0 bridgehead atoms. The van der Waals surface area contributed by atoms with Crippen LogP contribution in [0.2, 0.25) is 0 Å². The molecule has 0 aromatic carbocycles. The number of carboxylic acid groups (broad SMARTS) is 1. The number of urea groups is 1. The number of hydrogen-bond acceptors (Lipinski definition) is 4. The van der Waals surface area contributed by atoms with Crippen molar-refractivity contribution in [3.05, 3.63) is 12.2 Å². The SMILES string of the molecule is CC1CN(C(=O)NC(=O)/C=C/C(=O)O)CCS1. The summed E-state index contributed by atoms with van der Waals surface area (Å²) in [6.45, 7) is 3.19. The quantitative estimate of drug-likeness (QED) is 0.696. The van der Waals surface area contributed by atoms with Crippen LogP contribution >= 0.6 is 11.8 Å². The molecular formula is C10H14N2O4S. The van der Waals surface area contributed by atoms with Crippen molar-refractivity contribution >= 4 is 29.7 Å². The Morgan fingerprint density at radius 1 is 1.41 bits per heavy atom. The zero-order valence-corrected chi connectivity index (χ0v) is 10.2. The minimum Gasteiger partial charge on any atom is -0.478 e. The highest BCUT2D eigenvalue weighted by atomic mass is 32.2. The van der Waals surface area contributed by atoms with E-state index < -0.39 is 17.9 Å². The van der Waals surface area contributed by atoms with E-state index in [-0.39, 0.29) is 0 Å². The van der Waals surface area contributed by atoms with Crippen molar-refractivity contribution in [3.8, 4) is 0 Å².